The Bertz CT molecular complexity index is 297. The van der Waals surface area contributed by atoms with E-state index in [0.717, 1.165) is 25.0 Å². The summed E-state index contributed by atoms with van der Waals surface area (Å²) in [5, 5.41) is 0. The van der Waals surface area contributed by atoms with Crippen LogP contribution in [0.25, 0.3) is 0 Å². The number of carbonyl (C=O) groups is 2. The molecule has 1 unspecified atom stereocenters. The van der Waals surface area contributed by atoms with Crippen molar-refractivity contribution >= 4 is 11.9 Å². The molecule has 0 aliphatic heterocycles. The van der Waals surface area contributed by atoms with Gasteiger partial charge >= 0.3 is 11.9 Å². The lowest BCUT2D eigenvalue weighted by molar-refractivity contribution is -0.143. The number of hydrogen-bond acceptors (Lipinski definition) is 4. The highest BCUT2D eigenvalue weighted by molar-refractivity contribution is 5.91. The van der Waals surface area contributed by atoms with Crippen LogP contribution in [0.4, 0.5) is 0 Å². The summed E-state index contributed by atoms with van der Waals surface area (Å²) < 4.78 is 9.85. The van der Waals surface area contributed by atoms with Gasteiger partial charge in [0, 0.05) is 12.2 Å². The Hall–Kier alpha value is -1.32. The topological polar surface area (TPSA) is 52.6 Å². The molecule has 0 aromatic heterocycles. The normalized spacial score (nSPS) is 12.3. The van der Waals surface area contributed by atoms with Gasteiger partial charge in [0.2, 0.25) is 0 Å². The third-order valence-corrected chi connectivity index (χ3v) is 2.92. The van der Waals surface area contributed by atoms with Crippen LogP contribution in [0.15, 0.2) is 12.2 Å². The molecule has 0 bridgehead atoms. The second kappa shape index (κ2) is 12.7. The summed E-state index contributed by atoms with van der Waals surface area (Å²) in [6.07, 6.45) is 10.3. The zero-order valence-electron chi connectivity index (χ0n) is 13.0. The van der Waals surface area contributed by atoms with Gasteiger partial charge in [-0.2, -0.15) is 0 Å². The monoisotopic (exact) mass is 284 g/mol. The van der Waals surface area contributed by atoms with Crippen molar-refractivity contribution in [2.45, 2.75) is 71.8 Å². The molecule has 0 aliphatic carbocycles. The smallest absolute Gasteiger partial charge is 0.331 e. The lowest BCUT2D eigenvalue weighted by Crippen LogP contribution is -2.13. The number of rotatable bonds is 11. The minimum atomic E-state index is -0.520. The zero-order valence-corrected chi connectivity index (χ0v) is 13.0. The first-order valence-corrected chi connectivity index (χ1v) is 7.65. The van der Waals surface area contributed by atoms with Gasteiger partial charge in [0.15, 0.2) is 0 Å². The Kier molecular flexibility index (Phi) is 11.9. The highest BCUT2D eigenvalue weighted by Gasteiger charge is 2.07. The van der Waals surface area contributed by atoms with E-state index in [-0.39, 0.29) is 6.10 Å². The molecule has 0 heterocycles. The molecule has 20 heavy (non-hydrogen) atoms. The maximum absolute atomic E-state index is 11.4. The largest absolute Gasteiger partial charge is 0.463 e. The van der Waals surface area contributed by atoms with Crippen molar-refractivity contribution in [3.63, 3.8) is 0 Å². The molecule has 116 valence electrons. The summed E-state index contributed by atoms with van der Waals surface area (Å²) in [5.74, 6) is -1.01. The van der Waals surface area contributed by atoms with Gasteiger partial charge < -0.3 is 9.47 Å². The van der Waals surface area contributed by atoms with Crippen LogP contribution in [0.5, 0.6) is 0 Å². The molecule has 0 aliphatic rings. The van der Waals surface area contributed by atoms with Crippen LogP contribution in [0.1, 0.15) is 65.7 Å². The third-order valence-electron chi connectivity index (χ3n) is 2.92. The summed E-state index contributed by atoms with van der Waals surface area (Å²) in [5.41, 5.74) is 0. The minimum Gasteiger partial charge on any atom is -0.463 e. The molecule has 0 N–H and O–H groups in total. The van der Waals surface area contributed by atoms with Crippen molar-refractivity contribution in [1.82, 2.24) is 0 Å². The second-order valence-corrected chi connectivity index (χ2v) is 4.89. The second-order valence-electron chi connectivity index (χ2n) is 4.89. The van der Waals surface area contributed by atoms with Gasteiger partial charge in [0.1, 0.15) is 0 Å². The lowest BCUT2D eigenvalue weighted by atomic mass is 10.1. The van der Waals surface area contributed by atoms with Crippen LogP contribution in [-0.2, 0) is 19.1 Å². The Morgan fingerprint density at radius 3 is 2.20 bits per heavy atom. The third kappa shape index (κ3) is 11.8. The van der Waals surface area contributed by atoms with Crippen molar-refractivity contribution in [3.8, 4) is 0 Å². The molecule has 0 spiro atoms. The van der Waals surface area contributed by atoms with Crippen molar-refractivity contribution < 1.29 is 19.1 Å². The summed E-state index contributed by atoms with van der Waals surface area (Å²) in [6, 6.07) is 0. The molecule has 0 radical (unpaired) electrons. The van der Waals surface area contributed by atoms with Crippen molar-refractivity contribution in [3.05, 3.63) is 12.2 Å². The maximum atomic E-state index is 11.4. The quantitative estimate of drug-likeness (QED) is 0.329. The van der Waals surface area contributed by atoms with E-state index in [1.807, 2.05) is 6.92 Å². The Morgan fingerprint density at radius 2 is 1.55 bits per heavy atom. The molecule has 0 rings (SSSR count). The SMILES string of the molecule is CCCCCCCCC(C)OC(=O)/C=C/C(=O)OCC. The van der Waals surface area contributed by atoms with E-state index in [1.54, 1.807) is 6.92 Å². The summed E-state index contributed by atoms with van der Waals surface area (Å²) >= 11 is 0. The Morgan fingerprint density at radius 1 is 0.950 bits per heavy atom. The summed E-state index contributed by atoms with van der Waals surface area (Å²) in [6.45, 7) is 6.09. The number of ether oxygens (including phenoxy) is 2. The fraction of sp³-hybridized carbons (Fsp3) is 0.750. The number of esters is 2. The van der Waals surface area contributed by atoms with Crippen LogP contribution in [-0.4, -0.2) is 24.6 Å². The molecule has 1 atom stereocenters. The summed E-state index contributed by atoms with van der Waals surface area (Å²) in [7, 11) is 0. The zero-order chi connectivity index (χ0) is 15.2. The van der Waals surface area contributed by atoms with Crippen molar-refractivity contribution in [2.75, 3.05) is 6.61 Å². The van der Waals surface area contributed by atoms with E-state index in [1.165, 1.54) is 32.1 Å². The molecular formula is C16H28O4. The van der Waals surface area contributed by atoms with Gasteiger partial charge in [-0.05, 0) is 26.7 Å². The standard InChI is InChI=1S/C16H28O4/c1-4-6-7-8-9-10-11-14(3)20-16(18)13-12-15(17)19-5-2/h12-14H,4-11H2,1-3H3/b13-12+. The van der Waals surface area contributed by atoms with Crippen molar-refractivity contribution in [2.24, 2.45) is 0 Å². The number of carbonyl (C=O) groups excluding carboxylic acids is 2. The lowest BCUT2D eigenvalue weighted by Gasteiger charge is -2.11. The molecule has 0 saturated heterocycles. The predicted octanol–water partition coefficient (Wildman–Crippen LogP) is 3.79. The van der Waals surface area contributed by atoms with Gasteiger partial charge in [0.25, 0.3) is 0 Å². The van der Waals surface area contributed by atoms with Crippen LogP contribution in [0, 0.1) is 0 Å². The van der Waals surface area contributed by atoms with Crippen LogP contribution >= 0.6 is 0 Å². The highest BCUT2D eigenvalue weighted by Crippen LogP contribution is 2.10. The van der Waals surface area contributed by atoms with E-state index in [4.69, 9.17) is 4.74 Å². The van der Waals surface area contributed by atoms with Gasteiger partial charge in [-0.15, -0.1) is 0 Å². The first-order chi connectivity index (χ1) is 9.60. The molecule has 0 amide bonds. The van der Waals surface area contributed by atoms with E-state index >= 15 is 0 Å². The van der Waals surface area contributed by atoms with Gasteiger partial charge in [-0.25, -0.2) is 9.59 Å². The molecule has 0 aromatic carbocycles. The Labute approximate surface area is 122 Å². The first-order valence-electron chi connectivity index (χ1n) is 7.65. The van der Waals surface area contributed by atoms with E-state index in [0.29, 0.717) is 6.61 Å². The van der Waals surface area contributed by atoms with E-state index < -0.39 is 11.9 Å². The molecular weight excluding hydrogens is 256 g/mol. The van der Waals surface area contributed by atoms with Crippen LogP contribution in [0.2, 0.25) is 0 Å². The van der Waals surface area contributed by atoms with Gasteiger partial charge in [0.05, 0.1) is 12.7 Å². The number of hydrogen-bond donors (Lipinski definition) is 0. The molecule has 0 aromatic rings. The summed E-state index contributed by atoms with van der Waals surface area (Å²) in [4.78, 5) is 22.4. The predicted molar refractivity (Wildman–Crippen MR) is 79.3 cm³/mol. The molecule has 4 nitrogen and oxygen atoms in total. The van der Waals surface area contributed by atoms with Gasteiger partial charge in [-0.1, -0.05) is 39.0 Å². The highest BCUT2D eigenvalue weighted by atomic mass is 16.5. The Balaban J connectivity index is 3.66. The van der Waals surface area contributed by atoms with Gasteiger partial charge in [-0.3, -0.25) is 0 Å². The fourth-order valence-electron chi connectivity index (χ4n) is 1.84. The minimum absolute atomic E-state index is 0.111. The first kappa shape index (κ1) is 18.7. The van der Waals surface area contributed by atoms with E-state index in [2.05, 4.69) is 11.7 Å². The average Bonchev–Trinajstić information content (AvgIpc) is 2.41. The molecule has 0 fully saturated rings. The fourth-order valence-corrected chi connectivity index (χ4v) is 1.84. The number of unbranched alkanes of at least 4 members (excludes halogenated alkanes) is 5. The maximum Gasteiger partial charge on any atom is 0.331 e. The van der Waals surface area contributed by atoms with E-state index in [9.17, 15) is 9.59 Å². The average molecular weight is 284 g/mol. The van der Waals surface area contributed by atoms with Crippen LogP contribution in [0.3, 0.4) is 0 Å². The van der Waals surface area contributed by atoms with Crippen LogP contribution < -0.4 is 0 Å². The molecule has 4 heteroatoms. The molecule has 0 saturated carbocycles. The van der Waals surface area contributed by atoms with Crippen molar-refractivity contribution in [1.29, 1.82) is 0 Å².